The van der Waals surface area contributed by atoms with Crippen molar-refractivity contribution in [3.05, 3.63) is 30.0 Å². The molecular weight excluding hydrogens is 222 g/mol. The van der Waals surface area contributed by atoms with Gasteiger partial charge in [0.15, 0.2) is 0 Å². The van der Waals surface area contributed by atoms with Crippen molar-refractivity contribution in [3.8, 4) is 0 Å². The highest BCUT2D eigenvalue weighted by molar-refractivity contribution is 5.92. The van der Waals surface area contributed by atoms with E-state index < -0.39 is 0 Å². The Balaban J connectivity index is 2.10. The highest BCUT2D eigenvalue weighted by Crippen LogP contribution is 2.23. The number of H-pyrrole nitrogens is 1. The normalized spacial score (nSPS) is 11.5. The van der Waals surface area contributed by atoms with Crippen LogP contribution in [0.2, 0.25) is 0 Å². The maximum atomic E-state index is 5.96. The second kappa shape index (κ2) is 5.91. The second-order valence-electron chi connectivity index (χ2n) is 4.77. The van der Waals surface area contributed by atoms with Crippen LogP contribution in [-0.4, -0.2) is 29.5 Å². The standard InChI is InChI=1S/C15H23N3/c1-3-9-18(4-2)10-8-12-11-17-15-13(12)6-5-7-14(15)16/h5-7,11,17H,3-4,8-10,16H2,1-2H3. The van der Waals surface area contributed by atoms with E-state index in [0.717, 1.165) is 30.7 Å². The zero-order valence-corrected chi connectivity index (χ0v) is 11.4. The first-order chi connectivity index (χ1) is 8.76. The molecule has 0 saturated carbocycles. The molecule has 0 radical (unpaired) electrons. The summed E-state index contributed by atoms with van der Waals surface area (Å²) in [5.74, 6) is 0. The molecule has 0 saturated heterocycles. The third-order valence-electron chi connectivity index (χ3n) is 3.52. The predicted molar refractivity (Wildman–Crippen MR) is 78.8 cm³/mol. The van der Waals surface area contributed by atoms with Crippen LogP contribution in [0.25, 0.3) is 10.9 Å². The van der Waals surface area contributed by atoms with Crippen molar-refractivity contribution in [2.24, 2.45) is 0 Å². The number of aromatic amines is 1. The Labute approximate surface area is 109 Å². The number of nitrogens with two attached hydrogens (primary N) is 1. The van der Waals surface area contributed by atoms with Crippen LogP contribution in [0.1, 0.15) is 25.8 Å². The van der Waals surface area contributed by atoms with Crippen LogP contribution in [0, 0.1) is 0 Å². The summed E-state index contributed by atoms with van der Waals surface area (Å²) in [6, 6.07) is 6.12. The Morgan fingerprint density at radius 3 is 2.78 bits per heavy atom. The van der Waals surface area contributed by atoms with Crippen LogP contribution in [0.3, 0.4) is 0 Å². The first-order valence-electron chi connectivity index (χ1n) is 6.83. The number of hydrogen-bond acceptors (Lipinski definition) is 2. The Morgan fingerprint density at radius 1 is 1.22 bits per heavy atom. The highest BCUT2D eigenvalue weighted by Gasteiger charge is 2.07. The van der Waals surface area contributed by atoms with Crippen LogP contribution >= 0.6 is 0 Å². The fourth-order valence-electron chi connectivity index (χ4n) is 2.47. The van der Waals surface area contributed by atoms with Crippen LogP contribution in [0.15, 0.2) is 24.4 Å². The lowest BCUT2D eigenvalue weighted by Gasteiger charge is -2.18. The van der Waals surface area contributed by atoms with E-state index in [2.05, 4.69) is 36.0 Å². The van der Waals surface area contributed by atoms with E-state index in [-0.39, 0.29) is 0 Å². The fourth-order valence-corrected chi connectivity index (χ4v) is 2.47. The third-order valence-corrected chi connectivity index (χ3v) is 3.52. The molecule has 3 N–H and O–H groups in total. The minimum Gasteiger partial charge on any atom is -0.397 e. The van der Waals surface area contributed by atoms with Crippen molar-refractivity contribution in [1.29, 1.82) is 0 Å². The number of benzene rings is 1. The maximum Gasteiger partial charge on any atom is 0.0690 e. The molecule has 18 heavy (non-hydrogen) atoms. The molecule has 98 valence electrons. The molecule has 0 aliphatic heterocycles. The smallest absolute Gasteiger partial charge is 0.0690 e. The molecule has 1 aromatic heterocycles. The van der Waals surface area contributed by atoms with E-state index in [0.29, 0.717) is 0 Å². The topological polar surface area (TPSA) is 45.0 Å². The van der Waals surface area contributed by atoms with Gasteiger partial charge in [0, 0.05) is 18.1 Å². The van der Waals surface area contributed by atoms with E-state index in [1.165, 1.54) is 23.9 Å². The van der Waals surface area contributed by atoms with E-state index in [1.54, 1.807) is 0 Å². The average Bonchev–Trinajstić information content (AvgIpc) is 2.79. The van der Waals surface area contributed by atoms with Crippen molar-refractivity contribution < 1.29 is 0 Å². The Bertz CT molecular complexity index is 501. The van der Waals surface area contributed by atoms with Gasteiger partial charge in [-0.05, 0) is 37.6 Å². The van der Waals surface area contributed by atoms with Crippen LogP contribution in [0.5, 0.6) is 0 Å². The highest BCUT2D eigenvalue weighted by atomic mass is 15.1. The maximum absolute atomic E-state index is 5.96. The molecule has 0 aliphatic rings. The van der Waals surface area contributed by atoms with Crippen molar-refractivity contribution in [1.82, 2.24) is 9.88 Å². The number of hydrogen-bond donors (Lipinski definition) is 2. The lowest BCUT2D eigenvalue weighted by atomic mass is 10.1. The van der Waals surface area contributed by atoms with Gasteiger partial charge in [-0.25, -0.2) is 0 Å². The van der Waals surface area contributed by atoms with Crippen molar-refractivity contribution in [2.75, 3.05) is 25.4 Å². The van der Waals surface area contributed by atoms with Crippen LogP contribution in [0.4, 0.5) is 5.69 Å². The minimum atomic E-state index is 0.833. The van der Waals surface area contributed by atoms with Gasteiger partial charge < -0.3 is 15.6 Å². The number of rotatable bonds is 6. The van der Waals surface area contributed by atoms with Gasteiger partial charge in [0.1, 0.15) is 0 Å². The van der Waals surface area contributed by atoms with Crippen molar-refractivity contribution in [3.63, 3.8) is 0 Å². The van der Waals surface area contributed by atoms with Gasteiger partial charge in [-0.15, -0.1) is 0 Å². The molecular formula is C15H23N3. The Kier molecular flexibility index (Phi) is 4.26. The largest absolute Gasteiger partial charge is 0.397 e. The molecule has 0 amide bonds. The lowest BCUT2D eigenvalue weighted by Crippen LogP contribution is -2.26. The summed E-state index contributed by atoms with van der Waals surface area (Å²) in [6.45, 7) is 7.88. The summed E-state index contributed by atoms with van der Waals surface area (Å²) >= 11 is 0. The van der Waals surface area contributed by atoms with Crippen molar-refractivity contribution >= 4 is 16.6 Å². The van der Waals surface area contributed by atoms with Gasteiger partial charge in [0.05, 0.1) is 11.2 Å². The molecule has 1 heterocycles. The zero-order valence-electron chi connectivity index (χ0n) is 11.4. The minimum absolute atomic E-state index is 0.833. The molecule has 0 fully saturated rings. The second-order valence-corrected chi connectivity index (χ2v) is 4.77. The molecule has 0 unspecified atom stereocenters. The summed E-state index contributed by atoms with van der Waals surface area (Å²) in [5, 5.41) is 1.27. The number of nitrogens with zero attached hydrogens (tertiary/aromatic N) is 1. The number of likely N-dealkylation sites (N-methyl/N-ethyl adjacent to an activating group) is 1. The van der Waals surface area contributed by atoms with E-state index >= 15 is 0 Å². The SMILES string of the molecule is CCCN(CC)CCc1c[nH]c2c(N)cccc12. The van der Waals surface area contributed by atoms with E-state index in [9.17, 15) is 0 Å². The van der Waals surface area contributed by atoms with E-state index in [4.69, 9.17) is 5.73 Å². The molecule has 0 spiro atoms. The molecule has 0 atom stereocenters. The molecule has 3 nitrogen and oxygen atoms in total. The van der Waals surface area contributed by atoms with Gasteiger partial charge >= 0.3 is 0 Å². The van der Waals surface area contributed by atoms with E-state index in [1.807, 2.05) is 12.1 Å². The third kappa shape index (κ3) is 2.67. The number of fused-ring (bicyclic) bond motifs is 1. The van der Waals surface area contributed by atoms with Crippen LogP contribution in [-0.2, 0) is 6.42 Å². The first kappa shape index (κ1) is 13.0. The molecule has 0 bridgehead atoms. The molecule has 1 aromatic carbocycles. The number of aromatic nitrogens is 1. The number of nitrogens with one attached hydrogen (secondary N) is 1. The summed E-state index contributed by atoms with van der Waals surface area (Å²) in [4.78, 5) is 5.78. The molecule has 0 aliphatic carbocycles. The van der Waals surface area contributed by atoms with Gasteiger partial charge in [-0.1, -0.05) is 26.0 Å². The summed E-state index contributed by atoms with van der Waals surface area (Å²) in [7, 11) is 0. The fraction of sp³-hybridized carbons (Fsp3) is 0.467. The number of anilines is 1. The first-order valence-corrected chi connectivity index (χ1v) is 6.83. The van der Waals surface area contributed by atoms with Gasteiger partial charge in [-0.3, -0.25) is 0 Å². The summed E-state index contributed by atoms with van der Waals surface area (Å²) in [5.41, 5.74) is 9.23. The molecule has 2 aromatic rings. The monoisotopic (exact) mass is 245 g/mol. The quantitative estimate of drug-likeness (QED) is 0.768. The zero-order chi connectivity index (χ0) is 13.0. The number of nitrogen functional groups attached to an aromatic ring is 1. The van der Waals surface area contributed by atoms with Crippen LogP contribution < -0.4 is 5.73 Å². The lowest BCUT2D eigenvalue weighted by molar-refractivity contribution is 0.293. The van der Waals surface area contributed by atoms with Gasteiger partial charge in [0.25, 0.3) is 0 Å². The Morgan fingerprint density at radius 2 is 2.06 bits per heavy atom. The Hall–Kier alpha value is -1.48. The summed E-state index contributed by atoms with van der Waals surface area (Å²) in [6.07, 6.45) is 4.40. The summed E-state index contributed by atoms with van der Waals surface area (Å²) < 4.78 is 0. The van der Waals surface area contributed by atoms with Gasteiger partial charge in [-0.2, -0.15) is 0 Å². The van der Waals surface area contributed by atoms with Gasteiger partial charge in [0.2, 0.25) is 0 Å². The van der Waals surface area contributed by atoms with Crippen molar-refractivity contribution in [2.45, 2.75) is 26.7 Å². The molecule has 3 heteroatoms. The predicted octanol–water partition coefficient (Wildman–Crippen LogP) is 3.02. The molecule has 2 rings (SSSR count). The average molecular weight is 245 g/mol. The number of para-hydroxylation sites is 1.